The van der Waals surface area contributed by atoms with E-state index in [0.717, 1.165) is 29.7 Å². The van der Waals surface area contributed by atoms with E-state index in [4.69, 9.17) is 15.2 Å². The number of benzene rings is 2. The van der Waals surface area contributed by atoms with Crippen LogP contribution in [0.1, 0.15) is 84.1 Å². The van der Waals surface area contributed by atoms with Gasteiger partial charge in [-0.1, -0.05) is 70.2 Å². The fourth-order valence-electron chi connectivity index (χ4n) is 3.95. The van der Waals surface area contributed by atoms with Crippen molar-refractivity contribution in [2.24, 2.45) is 9.98 Å². The highest BCUT2D eigenvalue weighted by molar-refractivity contribution is 6.01. The summed E-state index contributed by atoms with van der Waals surface area (Å²) in [5, 5.41) is 32.5. The fourth-order valence-corrected chi connectivity index (χ4v) is 3.95. The Morgan fingerprint density at radius 1 is 1.02 bits per heavy atom. The molecular weight excluding hydrogens is 543 g/mol. The molecule has 0 saturated carbocycles. The molecule has 43 heavy (non-hydrogen) atoms. The van der Waals surface area contributed by atoms with Crippen molar-refractivity contribution in [2.45, 2.75) is 79.2 Å². The predicted molar refractivity (Wildman–Crippen MR) is 179 cm³/mol. The van der Waals surface area contributed by atoms with Gasteiger partial charge in [0.15, 0.2) is 6.29 Å². The largest absolute Gasteiger partial charge is 0.390 e. The van der Waals surface area contributed by atoms with E-state index in [1.807, 2.05) is 75.2 Å². The third kappa shape index (κ3) is 15.0. The summed E-state index contributed by atoms with van der Waals surface area (Å²) in [5.41, 5.74) is 4.55. The first kappa shape index (κ1) is 37.6. The number of aliphatic imine (C=N–C) groups is 2. The van der Waals surface area contributed by atoms with Crippen LogP contribution in [0.3, 0.4) is 0 Å². The van der Waals surface area contributed by atoms with Crippen LogP contribution in [-0.4, -0.2) is 58.1 Å². The highest BCUT2D eigenvalue weighted by Gasteiger charge is 2.17. The van der Waals surface area contributed by atoms with E-state index in [9.17, 15) is 9.50 Å². The maximum absolute atomic E-state index is 13.4. The van der Waals surface area contributed by atoms with Crippen LogP contribution in [0.25, 0.3) is 0 Å². The molecule has 0 heterocycles. The third-order valence-electron chi connectivity index (χ3n) is 6.53. The van der Waals surface area contributed by atoms with Crippen molar-refractivity contribution >= 4 is 23.3 Å². The summed E-state index contributed by atoms with van der Waals surface area (Å²) in [6.45, 7) is 15.8. The zero-order valence-electron chi connectivity index (χ0n) is 26.5. The van der Waals surface area contributed by atoms with Crippen molar-refractivity contribution in [3.05, 3.63) is 96.0 Å². The van der Waals surface area contributed by atoms with Gasteiger partial charge in [-0.3, -0.25) is 14.9 Å². The Morgan fingerprint density at radius 3 is 2.40 bits per heavy atom. The van der Waals surface area contributed by atoms with Crippen molar-refractivity contribution in [1.29, 1.82) is 0 Å². The minimum absolute atomic E-state index is 0.305. The molecule has 0 aromatic heterocycles. The van der Waals surface area contributed by atoms with E-state index < -0.39 is 12.5 Å². The van der Waals surface area contributed by atoms with E-state index in [1.54, 1.807) is 18.3 Å². The summed E-state index contributed by atoms with van der Waals surface area (Å²) in [6, 6.07) is 11.7. The van der Waals surface area contributed by atoms with E-state index in [-0.39, 0.29) is 5.82 Å². The number of nitrogens with one attached hydrogen (secondary N) is 1. The standard InChI is InChI=1S/C33H45FN4O3.C2H6/c1-5-25(3)12-9-11-20-35-22-23-38(6-2)33(41)28-16-19-30(37-26(4)27-14-17-29(34)18-15-27)31(24-28)36-21-10-7-8-13-32(39)40;1-2/h9,11-12,14-21,24,32-33,35,39-41H,3,5-8,10,13,22-23H2,1-2,4H3;1-2H3/b12-9-,20-11+,36-21?,37-26?;. The second-order valence-corrected chi connectivity index (χ2v) is 9.72. The number of aliphatic hydroxyl groups is 3. The van der Waals surface area contributed by atoms with Gasteiger partial charge in [0.05, 0.1) is 11.4 Å². The first-order valence-corrected chi connectivity index (χ1v) is 15.3. The molecule has 0 amide bonds. The SMILES string of the molecule is C=C(/C=C\C=C\NCCN(CC)C(O)c1ccc(N=C(C)c2ccc(F)cc2)c(N=CCCCCC(O)O)c1)CC.CC. The van der Waals surface area contributed by atoms with Crippen LogP contribution in [0.15, 0.2) is 89.0 Å². The van der Waals surface area contributed by atoms with Gasteiger partial charge < -0.3 is 20.6 Å². The Bertz CT molecular complexity index is 1190. The van der Waals surface area contributed by atoms with Crippen LogP contribution < -0.4 is 5.32 Å². The lowest BCUT2D eigenvalue weighted by Gasteiger charge is -2.27. The molecule has 0 bridgehead atoms. The summed E-state index contributed by atoms with van der Waals surface area (Å²) in [4.78, 5) is 11.4. The number of rotatable bonds is 18. The van der Waals surface area contributed by atoms with E-state index >= 15 is 0 Å². The Balaban J connectivity index is 0.00000452. The second-order valence-electron chi connectivity index (χ2n) is 9.72. The molecule has 7 nitrogen and oxygen atoms in total. The van der Waals surface area contributed by atoms with Crippen LogP contribution in [0.5, 0.6) is 0 Å². The predicted octanol–water partition coefficient (Wildman–Crippen LogP) is 7.50. The average molecular weight is 595 g/mol. The molecule has 0 aliphatic rings. The summed E-state index contributed by atoms with van der Waals surface area (Å²) in [6.07, 6.45) is 10.8. The zero-order valence-corrected chi connectivity index (χ0v) is 26.5. The molecule has 1 atom stereocenters. The number of nitrogens with zero attached hydrogens (tertiary/aromatic N) is 3. The molecule has 0 aliphatic heterocycles. The Kier molecular flexibility index (Phi) is 19.4. The lowest BCUT2D eigenvalue weighted by Crippen LogP contribution is -2.34. The van der Waals surface area contributed by atoms with Crippen molar-refractivity contribution in [3.63, 3.8) is 0 Å². The molecule has 2 aromatic carbocycles. The molecule has 0 radical (unpaired) electrons. The van der Waals surface area contributed by atoms with Crippen LogP contribution in [0.4, 0.5) is 15.8 Å². The molecule has 0 spiro atoms. The summed E-state index contributed by atoms with van der Waals surface area (Å²) < 4.78 is 13.4. The van der Waals surface area contributed by atoms with Gasteiger partial charge >= 0.3 is 0 Å². The molecule has 1 unspecified atom stereocenters. The lowest BCUT2D eigenvalue weighted by atomic mass is 10.1. The van der Waals surface area contributed by atoms with Crippen LogP contribution in [0.2, 0.25) is 0 Å². The van der Waals surface area contributed by atoms with Crippen molar-refractivity contribution in [1.82, 2.24) is 10.2 Å². The quantitative estimate of drug-likeness (QED) is 0.0620. The maximum Gasteiger partial charge on any atom is 0.151 e. The van der Waals surface area contributed by atoms with Crippen LogP contribution in [0, 0.1) is 5.82 Å². The molecule has 0 saturated heterocycles. The van der Waals surface area contributed by atoms with Gasteiger partial charge in [0.25, 0.3) is 0 Å². The second kappa shape index (κ2) is 22.2. The van der Waals surface area contributed by atoms with E-state index in [1.165, 1.54) is 12.1 Å². The molecule has 2 aromatic rings. The molecule has 236 valence electrons. The Morgan fingerprint density at radius 2 is 1.74 bits per heavy atom. The molecule has 2 rings (SSSR count). The summed E-state index contributed by atoms with van der Waals surface area (Å²) in [7, 11) is 0. The summed E-state index contributed by atoms with van der Waals surface area (Å²) >= 11 is 0. The van der Waals surface area contributed by atoms with Gasteiger partial charge in [0, 0.05) is 25.0 Å². The number of halogens is 1. The fraction of sp³-hybridized carbons (Fsp3) is 0.429. The Labute approximate surface area is 257 Å². The number of aliphatic hydroxyl groups excluding tert-OH is 2. The molecule has 8 heteroatoms. The van der Waals surface area contributed by atoms with Gasteiger partial charge in [0.2, 0.25) is 0 Å². The Hall–Kier alpha value is -3.43. The molecule has 0 aliphatic carbocycles. The van der Waals surface area contributed by atoms with Crippen molar-refractivity contribution in [3.8, 4) is 0 Å². The van der Waals surface area contributed by atoms with Gasteiger partial charge in [-0.25, -0.2) is 4.39 Å². The number of hydrogen-bond acceptors (Lipinski definition) is 7. The number of allylic oxidation sites excluding steroid dienone is 4. The number of unbranched alkanes of at least 4 members (excludes halogenated alkanes) is 2. The third-order valence-corrected chi connectivity index (χ3v) is 6.53. The number of hydrogen-bond donors (Lipinski definition) is 4. The van der Waals surface area contributed by atoms with Crippen LogP contribution in [-0.2, 0) is 0 Å². The van der Waals surface area contributed by atoms with Crippen molar-refractivity contribution < 1.29 is 19.7 Å². The topological polar surface area (TPSA) is 101 Å². The first-order valence-electron chi connectivity index (χ1n) is 15.3. The van der Waals surface area contributed by atoms with Gasteiger partial charge in [-0.15, -0.1) is 0 Å². The average Bonchev–Trinajstić information content (AvgIpc) is 3.01. The molecule has 4 N–H and O–H groups in total. The lowest BCUT2D eigenvalue weighted by molar-refractivity contribution is -0.0464. The minimum Gasteiger partial charge on any atom is -0.390 e. The molecule has 0 fully saturated rings. The van der Waals surface area contributed by atoms with E-state index in [2.05, 4.69) is 23.8 Å². The summed E-state index contributed by atoms with van der Waals surface area (Å²) in [5.74, 6) is -0.305. The first-order chi connectivity index (χ1) is 20.7. The zero-order chi connectivity index (χ0) is 32.0. The normalized spacial score (nSPS) is 12.9. The highest BCUT2D eigenvalue weighted by Crippen LogP contribution is 2.33. The van der Waals surface area contributed by atoms with Crippen molar-refractivity contribution in [2.75, 3.05) is 19.6 Å². The monoisotopic (exact) mass is 594 g/mol. The molecular formula is C35H51FN4O3. The van der Waals surface area contributed by atoms with Gasteiger partial charge in [-0.2, -0.15) is 0 Å². The van der Waals surface area contributed by atoms with Crippen LogP contribution >= 0.6 is 0 Å². The minimum atomic E-state index is -1.30. The highest BCUT2D eigenvalue weighted by atomic mass is 19.1. The maximum atomic E-state index is 13.4. The van der Waals surface area contributed by atoms with E-state index in [0.29, 0.717) is 55.8 Å². The van der Waals surface area contributed by atoms with Gasteiger partial charge in [-0.05, 0) is 93.2 Å². The number of likely N-dealkylation sites (N-methyl/N-ethyl adjacent to an activating group) is 1. The smallest absolute Gasteiger partial charge is 0.151 e. The van der Waals surface area contributed by atoms with Gasteiger partial charge in [0.1, 0.15) is 12.0 Å².